The molecule has 0 aliphatic heterocycles. The maximum atomic E-state index is 12.6. The van der Waals surface area contributed by atoms with Gasteiger partial charge in [-0.2, -0.15) is 0 Å². The molecule has 4 bridgehead atoms. The Morgan fingerprint density at radius 2 is 1.60 bits per heavy atom. The second-order valence-electron chi connectivity index (χ2n) is 8.98. The first kappa shape index (κ1) is 20.5. The van der Waals surface area contributed by atoms with Gasteiger partial charge in [-0.3, -0.25) is 0 Å². The molecule has 0 N–H and O–H groups in total. The molecule has 0 atom stereocenters. The average molecular weight is 537 g/mol. The largest absolute Gasteiger partial charge is 0.744 e. The van der Waals surface area contributed by atoms with Crippen LogP contribution >= 0.6 is 22.6 Å². The van der Waals surface area contributed by atoms with E-state index in [2.05, 4.69) is 22.6 Å². The number of hydrogen-bond donors (Lipinski definition) is 0. The zero-order valence-corrected chi connectivity index (χ0v) is 19.3. The van der Waals surface area contributed by atoms with E-state index in [0.717, 1.165) is 41.1 Å². The van der Waals surface area contributed by atoms with Crippen molar-refractivity contribution in [1.29, 1.82) is 0 Å². The van der Waals surface area contributed by atoms with Crippen molar-refractivity contribution in [3.05, 3.63) is 57.2 Å². The third kappa shape index (κ3) is 3.69. The summed E-state index contributed by atoms with van der Waals surface area (Å²) in [5.41, 5.74) is 1.00. The molecule has 0 saturated heterocycles. The van der Waals surface area contributed by atoms with Gasteiger partial charge in [0.15, 0.2) is 0 Å². The van der Waals surface area contributed by atoms with Crippen molar-refractivity contribution in [1.82, 2.24) is 0 Å². The van der Waals surface area contributed by atoms with Crippen molar-refractivity contribution in [3.63, 3.8) is 0 Å². The molecule has 0 radical (unpaired) electrons. The van der Waals surface area contributed by atoms with E-state index < -0.39 is 16.1 Å². The van der Waals surface area contributed by atoms with Crippen LogP contribution in [0.25, 0.3) is 0 Å². The minimum atomic E-state index is -4.61. The van der Waals surface area contributed by atoms with E-state index in [-0.39, 0.29) is 16.6 Å². The number of benzene rings is 2. The van der Waals surface area contributed by atoms with Crippen LogP contribution in [0.15, 0.2) is 47.4 Å². The molecule has 4 fully saturated rings. The molecule has 6 rings (SSSR count). The molecule has 5 nitrogen and oxygen atoms in total. The Morgan fingerprint density at radius 1 is 0.967 bits per heavy atom. The van der Waals surface area contributed by atoms with Gasteiger partial charge in [0.05, 0.1) is 10.5 Å². The van der Waals surface area contributed by atoms with Gasteiger partial charge in [-0.1, -0.05) is 12.1 Å². The van der Waals surface area contributed by atoms with Crippen LogP contribution in [0.4, 0.5) is 0 Å². The zero-order chi connectivity index (χ0) is 21.0. The minimum absolute atomic E-state index is 0.0482. The third-order valence-corrected chi connectivity index (χ3v) is 8.99. The van der Waals surface area contributed by atoms with Crippen LogP contribution in [0, 0.1) is 27.2 Å². The minimum Gasteiger partial charge on any atom is -0.744 e. The lowest BCUT2D eigenvalue weighted by molar-refractivity contribution is -0.00374. The molecule has 0 spiro atoms. The molecule has 0 aromatic heterocycles. The molecule has 0 amide bonds. The van der Waals surface area contributed by atoms with Crippen molar-refractivity contribution in [2.75, 3.05) is 0 Å². The van der Waals surface area contributed by atoms with Gasteiger partial charge in [-0.15, -0.1) is 0 Å². The van der Waals surface area contributed by atoms with Crippen LogP contribution in [0.2, 0.25) is 0 Å². The van der Waals surface area contributed by atoms with Crippen LogP contribution in [0.5, 0.6) is 5.75 Å². The molecule has 7 heteroatoms. The van der Waals surface area contributed by atoms with Crippen LogP contribution in [-0.4, -0.2) is 18.9 Å². The monoisotopic (exact) mass is 537 g/mol. The molecule has 0 heterocycles. The topological polar surface area (TPSA) is 83.5 Å². The van der Waals surface area contributed by atoms with E-state index in [1.807, 2.05) is 12.1 Å². The Labute approximate surface area is 190 Å². The highest BCUT2D eigenvalue weighted by Gasteiger charge is 2.49. The van der Waals surface area contributed by atoms with E-state index in [0.29, 0.717) is 23.0 Å². The number of esters is 1. The summed E-state index contributed by atoms with van der Waals surface area (Å²) in [4.78, 5) is 12.5. The quantitative estimate of drug-likeness (QED) is 0.239. The first-order valence-corrected chi connectivity index (χ1v) is 12.8. The lowest BCUT2D eigenvalue weighted by Gasteiger charge is -2.55. The molecular weight excluding hydrogens is 515 g/mol. The predicted molar refractivity (Wildman–Crippen MR) is 118 cm³/mol. The highest BCUT2D eigenvalue weighted by atomic mass is 127. The van der Waals surface area contributed by atoms with Gasteiger partial charge < -0.3 is 9.29 Å². The maximum absolute atomic E-state index is 12.6. The van der Waals surface area contributed by atoms with E-state index in [1.165, 1.54) is 18.6 Å². The second kappa shape index (κ2) is 7.60. The SMILES string of the molecule is O=C(Oc1ccc(S(=O)(=O)[O-])c(C2C3CC4CC(C3)CC2C4)c1)c1ccccc1I. The fourth-order valence-electron chi connectivity index (χ4n) is 6.30. The standard InChI is InChI=1S/C23H23IO5S/c24-20-4-2-1-3-18(20)23(25)29-17-5-6-21(30(26,27)28)19(12-17)22-15-8-13-7-14(10-15)11-16(22)9-13/h1-6,12-16,22H,7-11H2,(H,26,27,28)/p-1. The summed E-state index contributed by atoms with van der Waals surface area (Å²) in [7, 11) is -4.61. The van der Waals surface area contributed by atoms with E-state index in [1.54, 1.807) is 18.2 Å². The van der Waals surface area contributed by atoms with Gasteiger partial charge in [0.1, 0.15) is 15.9 Å². The van der Waals surface area contributed by atoms with Crippen LogP contribution in [0.3, 0.4) is 0 Å². The fourth-order valence-corrected chi connectivity index (χ4v) is 7.63. The number of hydrogen-bond acceptors (Lipinski definition) is 5. The summed E-state index contributed by atoms with van der Waals surface area (Å²) in [6.45, 7) is 0. The Kier molecular flexibility index (Phi) is 5.18. The summed E-state index contributed by atoms with van der Waals surface area (Å²) in [5.74, 6) is 2.12. The molecule has 2 aromatic rings. The van der Waals surface area contributed by atoms with Gasteiger partial charge in [0.25, 0.3) is 0 Å². The van der Waals surface area contributed by atoms with Gasteiger partial charge in [-0.05, 0) is 120 Å². The number of rotatable bonds is 4. The highest BCUT2D eigenvalue weighted by molar-refractivity contribution is 14.1. The Morgan fingerprint density at radius 3 is 2.20 bits per heavy atom. The van der Waals surface area contributed by atoms with Gasteiger partial charge in [-0.25, -0.2) is 13.2 Å². The molecule has 158 valence electrons. The van der Waals surface area contributed by atoms with Gasteiger partial charge in [0.2, 0.25) is 0 Å². The van der Waals surface area contributed by atoms with E-state index >= 15 is 0 Å². The van der Waals surface area contributed by atoms with Crippen molar-refractivity contribution in [3.8, 4) is 5.75 Å². The number of halogens is 1. The van der Waals surface area contributed by atoms with Crippen LogP contribution < -0.4 is 4.74 Å². The normalized spacial score (nSPS) is 29.7. The van der Waals surface area contributed by atoms with Gasteiger partial charge >= 0.3 is 5.97 Å². The third-order valence-electron chi connectivity index (χ3n) is 7.14. The lowest BCUT2D eigenvalue weighted by atomic mass is 9.51. The molecule has 4 saturated carbocycles. The first-order chi connectivity index (χ1) is 14.3. The first-order valence-electron chi connectivity index (χ1n) is 10.4. The summed E-state index contributed by atoms with van der Waals surface area (Å²) in [6, 6.07) is 11.5. The van der Waals surface area contributed by atoms with Crippen molar-refractivity contribution >= 4 is 38.7 Å². The number of ether oxygens (including phenoxy) is 1. The van der Waals surface area contributed by atoms with Gasteiger partial charge in [0, 0.05) is 3.57 Å². The highest BCUT2D eigenvalue weighted by Crippen LogP contribution is 2.60. The Bertz CT molecular complexity index is 1080. The molecule has 0 unspecified atom stereocenters. The van der Waals surface area contributed by atoms with Crippen LogP contribution in [0.1, 0.15) is 53.9 Å². The molecule has 4 aliphatic rings. The number of carbonyl (C=O) groups is 1. The van der Waals surface area contributed by atoms with Crippen molar-refractivity contribution in [2.45, 2.75) is 42.9 Å². The smallest absolute Gasteiger partial charge is 0.344 e. The zero-order valence-electron chi connectivity index (χ0n) is 16.3. The average Bonchev–Trinajstić information content (AvgIpc) is 2.66. The lowest BCUT2D eigenvalue weighted by Crippen LogP contribution is -2.44. The number of carbonyl (C=O) groups excluding carboxylic acids is 1. The maximum Gasteiger partial charge on any atom is 0.344 e. The summed E-state index contributed by atoms with van der Waals surface area (Å²) in [6.07, 6.45) is 5.69. The Hall–Kier alpha value is -1.45. The fraction of sp³-hybridized carbons (Fsp3) is 0.435. The van der Waals surface area contributed by atoms with E-state index in [9.17, 15) is 17.8 Å². The van der Waals surface area contributed by atoms with Crippen LogP contribution in [-0.2, 0) is 10.1 Å². The molecule has 4 aliphatic carbocycles. The summed E-state index contributed by atoms with van der Waals surface area (Å²) >= 11 is 2.08. The molecule has 2 aromatic carbocycles. The second-order valence-corrected chi connectivity index (χ2v) is 11.5. The predicted octanol–water partition coefficient (Wildman–Crippen LogP) is 4.95. The summed E-state index contributed by atoms with van der Waals surface area (Å²) < 4.78 is 42.4. The molecule has 30 heavy (non-hydrogen) atoms. The van der Waals surface area contributed by atoms with Crippen molar-refractivity contribution in [2.24, 2.45) is 23.7 Å². The summed E-state index contributed by atoms with van der Waals surface area (Å²) in [5, 5.41) is 0. The Balaban J connectivity index is 1.51. The molecular formula is C23H22IO5S-. The van der Waals surface area contributed by atoms with E-state index in [4.69, 9.17) is 4.74 Å². The van der Waals surface area contributed by atoms with Crippen molar-refractivity contribution < 1.29 is 22.5 Å².